The molecule has 0 bridgehead atoms. The molecule has 0 saturated heterocycles. The first-order valence-corrected chi connectivity index (χ1v) is 18.0. The van der Waals surface area contributed by atoms with Crippen LogP contribution in [0.1, 0.15) is 102 Å². The summed E-state index contributed by atoms with van der Waals surface area (Å²) in [5.74, 6) is 4.76. The standard InChI is InChI=1S/C36H52N2S2/c1-3-5-7-9-11-13-27-39-29-31-15-19-33(20-16-31)37-35-23-25-36(26-24-35)38-34-21-17-32(18-22-34)30-40-28-14-12-10-8-6-4-2/h15-26,37-38H,3-14,27-30H2,1-2H3. The van der Waals surface area contributed by atoms with E-state index in [1.807, 2.05) is 0 Å². The molecule has 0 aliphatic rings. The van der Waals surface area contributed by atoms with E-state index >= 15 is 0 Å². The van der Waals surface area contributed by atoms with Gasteiger partial charge >= 0.3 is 0 Å². The number of nitrogens with one attached hydrogen (secondary N) is 2. The summed E-state index contributed by atoms with van der Waals surface area (Å²) in [5, 5.41) is 7.07. The van der Waals surface area contributed by atoms with Crippen LogP contribution in [0.4, 0.5) is 22.7 Å². The molecule has 0 aromatic heterocycles. The summed E-state index contributed by atoms with van der Waals surface area (Å²) in [6.45, 7) is 4.56. The molecule has 218 valence electrons. The predicted molar refractivity (Wildman–Crippen MR) is 185 cm³/mol. The van der Waals surface area contributed by atoms with Gasteiger partial charge in [-0.05, 0) is 84.0 Å². The van der Waals surface area contributed by atoms with Crippen LogP contribution >= 0.6 is 23.5 Å². The molecule has 3 aromatic rings. The van der Waals surface area contributed by atoms with Crippen LogP contribution in [-0.2, 0) is 11.5 Å². The van der Waals surface area contributed by atoms with Gasteiger partial charge in [0.15, 0.2) is 0 Å². The minimum absolute atomic E-state index is 1.11. The predicted octanol–water partition coefficient (Wildman–Crippen LogP) is 12.4. The Morgan fingerprint density at radius 2 is 0.700 bits per heavy atom. The molecule has 0 unspecified atom stereocenters. The van der Waals surface area contributed by atoms with Crippen molar-refractivity contribution in [3.05, 3.63) is 83.9 Å². The lowest BCUT2D eigenvalue weighted by Gasteiger charge is -2.11. The van der Waals surface area contributed by atoms with Crippen molar-refractivity contribution in [3.8, 4) is 0 Å². The Bertz CT molecular complexity index is 932. The molecule has 3 aromatic carbocycles. The van der Waals surface area contributed by atoms with Crippen molar-refractivity contribution >= 4 is 46.3 Å². The molecule has 0 aliphatic carbocycles. The van der Waals surface area contributed by atoms with E-state index in [9.17, 15) is 0 Å². The number of rotatable bonds is 22. The lowest BCUT2D eigenvalue weighted by atomic mass is 10.1. The molecule has 4 heteroatoms. The van der Waals surface area contributed by atoms with Crippen molar-refractivity contribution < 1.29 is 0 Å². The first-order valence-electron chi connectivity index (χ1n) is 15.7. The maximum atomic E-state index is 3.53. The Kier molecular flexibility index (Phi) is 16.9. The topological polar surface area (TPSA) is 24.1 Å². The zero-order valence-electron chi connectivity index (χ0n) is 25.1. The van der Waals surface area contributed by atoms with Gasteiger partial charge in [0.2, 0.25) is 0 Å². The van der Waals surface area contributed by atoms with Crippen molar-refractivity contribution in [2.45, 2.75) is 102 Å². The van der Waals surface area contributed by atoms with E-state index in [0.29, 0.717) is 0 Å². The average Bonchev–Trinajstić information content (AvgIpc) is 2.98. The average molecular weight is 577 g/mol. The fourth-order valence-electron chi connectivity index (χ4n) is 4.69. The van der Waals surface area contributed by atoms with E-state index in [0.717, 1.165) is 34.3 Å². The third-order valence-corrected chi connectivity index (χ3v) is 9.42. The fraction of sp³-hybridized carbons (Fsp3) is 0.500. The monoisotopic (exact) mass is 576 g/mol. The first-order chi connectivity index (χ1) is 19.8. The van der Waals surface area contributed by atoms with Gasteiger partial charge in [-0.25, -0.2) is 0 Å². The Labute approximate surface area is 253 Å². The Morgan fingerprint density at radius 3 is 1.05 bits per heavy atom. The minimum atomic E-state index is 1.11. The van der Waals surface area contributed by atoms with Crippen LogP contribution in [0.2, 0.25) is 0 Å². The van der Waals surface area contributed by atoms with Gasteiger partial charge in [0.1, 0.15) is 0 Å². The highest BCUT2D eigenvalue weighted by Crippen LogP contribution is 2.24. The second-order valence-electron chi connectivity index (χ2n) is 10.9. The quantitative estimate of drug-likeness (QED) is 0.116. The van der Waals surface area contributed by atoms with E-state index in [1.54, 1.807) is 0 Å². The van der Waals surface area contributed by atoms with E-state index < -0.39 is 0 Å². The number of benzene rings is 3. The number of thioether (sulfide) groups is 2. The van der Waals surface area contributed by atoms with Crippen molar-refractivity contribution in [3.63, 3.8) is 0 Å². The molecule has 2 N–H and O–H groups in total. The molecule has 2 nitrogen and oxygen atoms in total. The van der Waals surface area contributed by atoms with Gasteiger partial charge in [-0.3, -0.25) is 0 Å². The van der Waals surface area contributed by atoms with Gasteiger partial charge in [-0.1, -0.05) is 102 Å². The molecule has 0 atom stereocenters. The Hall–Kier alpha value is -2.04. The van der Waals surface area contributed by atoms with Crippen molar-refractivity contribution in [2.75, 3.05) is 22.1 Å². The summed E-state index contributed by atoms with van der Waals surface area (Å²) < 4.78 is 0. The highest BCUT2D eigenvalue weighted by atomic mass is 32.2. The van der Waals surface area contributed by atoms with Crippen LogP contribution in [-0.4, -0.2) is 11.5 Å². The Morgan fingerprint density at radius 1 is 0.400 bits per heavy atom. The molecule has 0 fully saturated rings. The molecule has 0 spiro atoms. The first kappa shape index (κ1) is 32.5. The Balaban J connectivity index is 1.31. The SMILES string of the molecule is CCCCCCCCSCc1ccc(Nc2ccc(Nc3ccc(CSCCCCCCCC)cc3)cc2)cc1. The summed E-state index contributed by atoms with van der Waals surface area (Å²) in [4.78, 5) is 0. The van der Waals surface area contributed by atoms with Gasteiger partial charge < -0.3 is 10.6 Å². The van der Waals surface area contributed by atoms with E-state index in [1.165, 1.54) is 99.7 Å². The zero-order chi connectivity index (χ0) is 28.1. The highest BCUT2D eigenvalue weighted by molar-refractivity contribution is 7.98. The van der Waals surface area contributed by atoms with Crippen molar-refractivity contribution in [1.29, 1.82) is 0 Å². The van der Waals surface area contributed by atoms with Crippen LogP contribution < -0.4 is 10.6 Å². The second-order valence-corrected chi connectivity index (χ2v) is 13.1. The smallest absolute Gasteiger partial charge is 0.0385 e. The van der Waals surface area contributed by atoms with Crippen LogP contribution in [0.3, 0.4) is 0 Å². The van der Waals surface area contributed by atoms with Gasteiger partial charge in [0.05, 0.1) is 0 Å². The number of unbranched alkanes of at least 4 members (excludes halogenated alkanes) is 10. The van der Waals surface area contributed by atoms with Crippen LogP contribution in [0, 0.1) is 0 Å². The number of anilines is 4. The fourth-order valence-corrected chi connectivity index (χ4v) is 6.65. The lowest BCUT2D eigenvalue weighted by molar-refractivity contribution is 0.627. The minimum Gasteiger partial charge on any atom is -0.356 e. The summed E-state index contributed by atoms with van der Waals surface area (Å²) >= 11 is 4.12. The zero-order valence-corrected chi connectivity index (χ0v) is 26.7. The maximum absolute atomic E-state index is 3.53. The molecule has 0 saturated carbocycles. The van der Waals surface area contributed by atoms with Gasteiger partial charge in [0.25, 0.3) is 0 Å². The summed E-state index contributed by atoms with van der Waals surface area (Å²) in [6.07, 6.45) is 16.5. The highest BCUT2D eigenvalue weighted by Gasteiger charge is 2.01. The van der Waals surface area contributed by atoms with E-state index in [4.69, 9.17) is 0 Å². The lowest BCUT2D eigenvalue weighted by Crippen LogP contribution is -1.93. The van der Waals surface area contributed by atoms with Crippen LogP contribution in [0.5, 0.6) is 0 Å². The molecule has 0 amide bonds. The van der Waals surface area contributed by atoms with Gasteiger partial charge in [-0.15, -0.1) is 0 Å². The largest absolute Gasteiger partial charge is 0.356 e. The normalized spacial score (nSPS) is 11.1. The van der Waals surface area contributed by atoms with Crippen LogP contribution in [0.25, 0.3) is 0 Å². The molecule has 3 rings (SSSR count). The summed E-state index contributed by atoms with van der Waals surface area (Å²) in [6, 6.07) is 26.3. The van der Waals surface area contributed by atoms with Gasteiger partial charge in [0, 0.05) is 34.3 Å². The maximum Gasteiger partial charge on any atom is 0.0385 e. The van der Waals surface area contributed by atoms with Crippen LogP contribution in [0.15, 0.2) is 72.8 Å². The molecule has 0 radical (unpaired) electrons. The summed E-state index contributed by atoms with van der Waals surface area (Å²) in [7, 11) is 0. The van der Waals surface area contributed by atoms with Gasteiger partial charge in [-0.2, -0.15) is 23.5 Å². The third-order valence-electron chi connectivity index (χ3n) is 7.19. The second kappa shape index (κ2) is 20.8. The summed E-state index contributed by atoms with van der Waals surface area (Å²) in [5.41, 5.74) is 7.29. The number of hydrogen-bond acceptors (Lipinski definition) is 4. The molecule has 0 aliphatic heterocycles. The number of hydrogen-bond donors (Lipinski definition) is 2. The van der Waals surface area contributed by atoms with Crippen molar-refractivity contribution in [2.24, 2.45) is 0 Å². The molecule has 40 heavy (non-hydrogen) atoms. The molecular weight excluding hydrogens is 525 g/mol. The molecule has 0 heterocycles. The van der Waals surface area contributed by atoms with E-state index in [-0.39, 0.29) is 0 Å². The van der Waals surface area contributed by atoms with Crippen molar-refractivity contribution in [1.82, 2.24) is 0 Å². The van der Waals surface area contributed by atoms with E-state index in [2.05, 4.69) is 121 Å². The molecular formula is C36H52N2S2. The third kappa shape index (κ3) is 14.0.